The molecule has 3 N–H and O–H groups in total. The molecule has 1 aromatic rings. The van der Waals surface area contributed by atoms with E-state index >= 15 is 0 Å². The number of hydrogen-bond acceptors (Lipinski definition) is 4. The van der Waals surface area contributed by atoms with Gasteiger partial charge in [0.05, 0.1) is 12.0 Å². The first-order valence-corrected chi connectivity index (χ1v) is 9.51. The number of benzene rings is 1. The van der Waals surface area contributed by atoms with Crippen molar-refractivity contribution >= 4 is 11.6 Å². The molecule has 3 rings (SSSR count). The Labute approximate surface area is 150 Å². The summed E-state index contributed by atoms with van der Waals surface area (Å²) in [6, 6.07) is 7.97. The molecule has 1 aliphatic carbocycles. The van der Waals surface area contributed by atoms with Crippen LogP contribution in [0.3, 0.4) is 0 Å². The minimum Gasteiger partial charge on any atom is -0.396 e. The second kappa shape index (κ2) is 8.30. The number of likely N-dealkylation sites (tertiary alicyclic amines) is 1. The number of rotatable bonds is 6. The van der Waals surface area contributed by atoms with Crippen molar-refractivity contribution in [3.63, 3.8) is 0 Å². The van der Waals surface area contributed by atoms with Crippen molar-refractivity contribution in [2.24, 2.45) is 5.92 Å². The van der Waals surface area contributed by atoms with Gasteiger partial charge in [-0.05, 0) is 62.4 Å². The van der Waals surface area contributed by atoms with Crippen LogP contribution in [0.25, 0.3) is 0 Å². The maximum Gasteiger partial charge on any atom is 0.227 e. The molecule has 5 nitrogen and oxygen atoms in total. The van der Waals surface area contributed by atoms with Crippen LogP contribution in [-0.2, 0) is 11.3 Å². The molecule has 0 aromatic heterocycles. The fourth-order valence-corrected chi connectivity index (χ4v) is 4.05. The molecule has 0 bridgehead atoms. The Morgan fingerprint density at radius 2 is 1.96 bits per heavy atom. The van der Waals surface area contributed by atoms with Crippen LogP contribution in [0.5, 0.6) is 0 Å². The maximum atomic E-state index is 12.2. The Balaban J connectivity index is 1.52. The molecular weight excluding hydrogens is 316 g/mol. The maximum absolute atomic E-state index is 12.2. The van der Waals surface area contributed by atoms with E-state index in [-0.39, 0.29) is 12.3 Å². The minimum absolute atomic E-state index is 0.106. The first-order valence-electron chi connectivity index (χ1n) is 9.51. The number of hydrogen-bond donors (Lipinski definition) is 3. The number of piperidine rings is 1. The van der Waals surface area contributed by atoms with E-state index in [0.717, 1.165) is 63.8 Å². The van der Waals surface area contributed by atoms with Crippen LogP contribution in [0, 0.1) is 5.92 Å². The van der Waals surface area contributed by atoms with Gasteiger partial charge in [-0.3, -0.25) is 9.69 Å². The van der Waals surface area contributed by atoms with E-state index < -0.39 is 5.60 Å². The van der Waals surface area contributed by atoms with E-state index in [1.54, 1.807) is 0 Å². The van der Waals surface area contributed by atoms with Crippen molar-refractivity contribution in [2.45, 2.75) is 57.1 Å². The van der Waals surface area contributed by atoms with Crippen molar-refractivity contribution in [3.8, 4) is 0 Å². The summed E-state index contributed by atoms with van der Waals surface area (Å²) in [5.74, 6) is 0.341. The number of anilines is 1. The highest BCUT2D eigenvalue weighted by molar-refractivity contribution is 5.91. The molecule has 0 unspecified atom stereocenters. The van der Waals surface area contributed by atoms with Crippen molar-refractivity contribution in [2.75, 3.05) is 25.0 Å². The Bertz CT molecular complexity index is 576. The highest BCUT2D eigenvalue weighted by Gasteiger charge is 2.33. The van der Waals surface area contributed by atoms with E-state index in [4.69, 9.17) is 0 Å². The number of amides is 1. The summed E-state index contributed by atoms with van der Waals surface area (Å²) >= 11 is 0. The smallest absolute Gasteiger partial charge is 0.227 e. The Morgan fingerprint density at radius 3 is 2.64 bits per heavy atom. The van der Waals surface area contributed by atoms with Crippen LogP contribution >= 0.6 is 0 Å². The molecule has 2 fully saturated rings. The van der Waals surface area contributed by atoms with Crippen molar-refractivity contribution in [3.05, 3.63) is 29.8 Å². The molecule has 0 radical (unpaired) electrons. The van der Waals surface area contributed by atoms with Crippen LogP contribution in [0.1, 0.15) is 50.5 Å². The molecule has 0 atom stereocenters. The Morgan fingerprint density at radius 1 is 1.24 bits per heavy atom. The van der Waals surface area contributed by atoms with E-state index in [1.165, 1.54) is 5.56 Å². The highest BCUT2D eigenvalue weighted by atomic mass is 16.3. The molecular formula is C20H30N2O3. The normalized spacial score (nSPS) is 21.4. The predicted octanol–water partition coefficient (Wildman–Crippen LogP) is 2.52. The summed E-state index contributed by atoms with van der Waals surface area (Å²) < 4.78 is 0. The zero-order valence-corrected chi connectivity index (χ0v) is 14.9. The largest absolute Gasteiger partial charge is 0.396 e. The number of aliphatic hydroxyl groups excluding tert-OH is 1. The van der Waals surface area contributed by atoms with Gasteiger partial charge in [-0.1, -0.05) is 25.0 Å². The molecule has 25 heavy (non-hydrogen) atoms. The van der Waals surface area contributed by atoms with Crippen LogP contribution < -0.4 is 5.32 Å². The summed E-state index contributed by atoms with van der Waals surface area (Å²) in [5.41, 5.74) is 1.17. The molecule has 1 aromatic carbocycles. The second-order valence-corrected chi connectivity index (χ2v) is 7.76. The fourth-order valence-electron chi connectivity index (χ4n) is 4.05. The quantitative estimate of drug-likeness (QED) is 0.740. The van der Waals surface area contributed by atoms with Gasteiger partial charge in [0, 0.05) is 18.8 Å². The molecule has 5 heteroatoms. The predicted molar refractivity (Wildman–Crippen MR) is 98.2 cm³/mol. The summed E-state index contributed by atoms with van der Waals surface area (Å²) in [5, 5.41) is 22.5. The fraction of sp³-hybridized carbons (Fsp3) is 0.650. The SMILES string of the molecule is O=C(CC1(O)CCCC1)Nc1cccc(CN2CCC(CO)CC2)c1. The van der Waals surface area contributed by atoms with Crippen LogP contribution in [0.15, 0.2) is 24.3 Å². The monoisotopic (exact) mass is 346 g/mol. The Hall–Kier alpha value is -1.43. The average Bonchev–Trinajstić information content (AvgIpc) is 3.01. The molecule has 1 aliphatic heterocycles. The van der Waals surface area contributed by atoms with Gasteiger partial charge in [0.2, 0.25) is 5.91 Å². The lowest BCUT2D eigenvalue weighted by atomic mass is 9.97. The number of nitrogens with zero attached hydrogens (tertiary/aromatic N) is 1. The van der Waals surface area contributed by atoms with Gasteiger partial charge in [-0.2, -0.15) is 0 Å². The molecule has 1 saturated carbocycles. The summed E-state index contributed by atoms with van der Waals surface area (Å²) in [6.45, 7) is 3.18. The standard InChI is InChI=1S/C20H30N2O3/c23-15-16-6-10-22(11-7-16)14-17-4-3-5-18(12-17)21-19(24)13-20(25)8-1-2-9-20/h3-5,12,16,23,25H,1-2,6-11,13-15H2,(H,21,24). The lowest BCUT2D eigenvalue weighted by molar-refractivity contribution is -0.120. The molecule has 1 saturated heterocycles. The van der Waals surface area contributed by atoms with Gasteiger partial charge in [0.1, 0.15) is 0 Å². The number of aliphatic hydroxyl groups is 2. The second-order valence-electron chi connectivity index (χ2n) is 7.76. The lowest BCUT2D eigenvalue weighted by Crippen LogP contribution is -2.34. The minimum atomic E-state index is -0.807. The number of nitrogens with one attached hydrogen (secondary N) is 1. The zero-order valence-electron chi connectivity index (χ0n) is 14.9. The third kappa shape index (κ3) is 5.27. The van der Waals surface area contributed by atoms with Crippen molar-refractivity contribution in [1.29, 1.82) is 0 Å². The van der Waals surface area contributed by atoms with Gasteiger partial charge in [-0.15, -0.1) is 0 Å². The molecule has 138 valence electrons. The topological polar surface area (TPSA) is 72.8 Å². The average molecular weight is 346 g/mol. The van der Waals surface area contributed by atoms with Crippen LogP contribution in [0.4, 0.5) is 5.69 Å². The molecule has 2 aliphatic rings. The van der Waals surface area contributed by atoms with Crippen LogP contribution in [0.2, 0.25) is 0 Å². The van der Waals surface area contributed by atoms with Crippen molar-refractivity contribution in [1.82, 2.24) is 4.90 Å². The first kappa shape index (κ1) is 18.4. The summed E-state index contributed by atoms with van der Waals surface area (Å²) in [6.07, 6.45) is 5.75. The van der Waals surface area contributed by atoms with E-state index in [2.05, 4.69) is 16.3 Å². The zero-order chi connectivity index (χ0) is 17.7. The van der Waals surface area contributed by atoms with Gasteiger partial charge < -0.3 is 15.5 Å². The van der Waals surface area contributed by atoms with Gasteiger partial charge in [0.15, 0.2) is 0 Å². The lowest BCUT2D eigenvalue weighted by Gasteiger charge is -2.31. The Kier molecular flexibility index (Phi) is 6.10. The van der Waals surface area contributed by atoms with E-state index in [1.807, 2.05) is 18.2 Å². The molecule has 0 spiro atoms. The number of carbonyl (C=O) groups excluding carboxylic acids is 1. The van der Waals surface area contributed by atoms with Crippen molar-refractivity contribution < 1.29 is 15.0 Å². The van der Waals surface area contributed by atoms with Gasteiger partial charge in [0.25, 0.3) is 0 Å². The summed E-state index contributed by atoms with van der Waals surface area (Å²) in [4.78, 5) is 14.6. The third-order valence-electron chi connectivity index (χ3n) is 5.61. The summed E-state index contributed by atoms with van der Waals surface area (Å²) in [7, 11) is 0. The molecule has 1 amide bonds. The van der Waals surface area contributed by atoms with Gasteiger partial charge in [-0.25, -0.2) is 0 Å². The highest BCUT2D eigenvalue weighted by Crippen LogP contribution is 2.32. The van der Waals surface area contributed by atoms with E-state index in [0.29, 0.717) is 12.5 Å². The number of carbonyl (C=O) groups is 1. The first-order chi connectivity index (χ1) is 12.1. The molecule has 1 heterocycles. The van der Waals surface area contributed by atoms with Crippen LogP contribution in [-0.4, -0.2) is 46.3 Å². The van der Waals surface area contributed by atoms with E-state index in [9.17, 15) is 15.0 Å². The van der Waals surface area contributed by atoms with Gasteiger partial charge >= 0.3 is 0 Å². The third-order valence-corrected chi connectivity index (χ3v) is 5.61.